The highest BCUT2D eigenvalue weighted by Gasteiger charge is 2.27. The van der Waals surface area contributed by atoms with Crippen molar-refractivity contribution in [3.63, 3.8) is 0 Å². The summed E-state index contributed by atoms with van der Waals surface area (Å²) < 4.78 is 4.96. The molecule has 1 saturated carbocycles. The number of carbonyl (C=O) groups is 2. The first kappa shape index (κ1) is 12.9. The van der Waals surface area contributed by atoms with Crippen LogP contribution in [0.2, 0.25) is 0 Å². The Kier molecular flexibility index (Phi) is 5.19. The number of rotatable bonds is 2. The molecule has 0 amide bonds. The molecule has 0 aliphatic heterocycles. The van der Waals surface area contributed by atoms with Crippen LogP contribution in [0.3, 0.4) is 0 Å². The fourth-order valence-corrected chi connectivity index (χ4v) is 1.72. The van der Waals surface area contributed by atoms with Crippen LogP contribution in [0.1, 0.15) is 24.3 Å². The Morgan fingerprint density at radius 2 is 1.81 bits per heavy atom. The first-order valence-corrected chi connectivity index (χ1v) is 5.70. The quantitative estimate of drug-likeness (QED) is 0.785. The molecule has 0 atom stereocenters. The molecule has 0 unspecified atom stereocenters. The van der Waals surface area contributed by atoms with E-state index in [-0.39, 0.29) is 0 Å². The minimum absolute atomic E-state index is 0.375. The molecule has 1 fully saturated rings. The van der Waals surface area contributed by atoms with Crippen LogP contribution in [-0.2, 0) is 14.3 Å². The Hall–Kier alpha value is -1.16. The Morgan fingerprint density at radius 3 is 2.19 bits per heavy atom. The molecule has 0 radical (unpaired) electrons. The Morgan fingerprint density at radius 1 is 1.31 bits per heavy atom. The largest absolute Gasteiger partial charge is 0.471 e. The van der Waals surface area contributed by atoms with Gasteiger partial charge in [0, 0.05) is 17.3 Å². The Balaban J connectivity index is 0.000000280. The topological polar surface area (TPSA) is 43.4 Å². The standard InChI is InChI=1S/C10H9BrO.C2H4O2/c11-9-3-1-7(2-4-9)8-5-10(12)6-8;1-4-2-3/h1-4,8H,5-6H2;2H,1H3. The summed E-state index contributed by atoms with van der Waals surface area (Å²) in [6.45, 7) is 0.375. The van der Waals surface area contributed by atoms with Gasteiger partial charge in [-0.15, -0.1) is 0 Å². The summed E-state index contributed by atoms with van der Waals surface area (Å²) in [6, 6.07) is 8.22. The van der Waals surface area contributed by atoms with E-state index in [1.807, 2.05) is 12.1 Å². The maximum absolute atomic E-state index is 10.7. The summed E-state index contributed by atoms with van der Waals surface area (Å²) in [5.41, 5.74) is 1.29. The summed E-state index contributed by atoms with van der Waals surface area (Å²) in [6.07, 6.45) is 1.48. The molecule has 16 heavy (non-hydrogen) atoms. The van der Waals surface area contributed by atoms with Crippen LogP contribution in [0, 0.1) is 0 Å². The maximum Gasteiger partial charge on any atom is 0.292 e. The molecule has 0 aromatic heterocycles. The Bertz CT molecular complexity index is 351. The molecule has 0 spiro atoms. The maximum atomic E-state index is 10.7. The van der Waals surface area contributed by atoms with E-state index in [4.69, 9.17) is 4.79 Å². The van der Waals surface area contributed by atoms with E-state index in [2.05, 4.69) is 32.8 Å². The number of benzene rings is 1. The Labute approximate surface area is 103 Å². The molecule has 0 bridgehead atoms. The molecule has 1 aromatic rings. The van der Waals surface area contributed by atoms with Crippen LogP contribution in [0.4, 0.5) is 0 Å². The van der Waals surface area contributed by atoms with Gasteiger partial charge in [-0.05, 0) is 23.6 Å². The van der Waals surface area contributed by atoms with Crippen molar-refractivity contribution in [1.82, 2.24) is 0 Å². The summed E-state index contributed by atoms with van der Waals surface area (Å²) in [4.78, 5) is 19.7. The number of hydrogen-bond donors (Lipinski definition) is 0. The molecule has 0 saturated heterocycles. The van der Waals surface area contributed by atoms with Crippen molar-refractivity contribution < 1.29 is 14.3 Å². The monoisotopic (exact) mass is 284 g/mol. The van der Waals surface area contributed by atoms with E-state index in [0.29, 0.717) is 18.2 Å². The highest BCUT2D eigenvalue weighted by molar-refractivity contribution is 9.10. The van der Waals surface area contributed by atoms with Gasteiger partial charge in [0.15, 0.2) is 0 Å². The molecule has 0 N–H and O–H groups in total. The lowest BCUT2D eigenvalue weighted by molar-refractivity contribution is -0.126. The zero-order chi connectivity index (χ0) is 12.0. The molecule has 86 valence electrons. The summed E-state index contributed by atoms with van der Waals surface area (Å²) >= 11 is 3.38. The average molecular weight is 285 g/mol. The third kappa shape index (κ3) is 3.77. The van der Waals surface area contributed by atoms with Crippen molar-refractivity contribution in [1.29, 1.82) is 0 Å². The number of ether oxygens (including phenoxy) is 1. The van der Waals surface area contributed by atoms with E-state index < -0.39 is 0 Å². The second-order valence-corrected chi connectivity index (χ2v) is 4.44. The van der Waals surface area contributed by atoms with Crippen molar-refractivity contribution in [3.05, 3.63) is 34.3 Å². The number of ketones is 1. The van der Waals surface area contributed by atoms with Gasteiger partial charge < -0.3 is 4.74 Å². The van der Waals surface area contributed by atoms with E-state index in [0.717, 1.165) is 17.3 Å². The van der Waals surface area contributed by atoms with Crippen LogP contribution in [0.25, 0.3) is 0 Å². The third-order valence-electron chi connectivity index (χ3n) is 2.39. The fraction of sp³-hybridized carbons (Fsp3) is 0.333. The van der Waals surface area contributed by atoms with Gasteiger partial charge in [-0.1, -0.05) is 28.1 Å². The second-order valence-electron chi connectivity index (χ2n) is 3.53. The first-order chi connectivity index (χ1) is 7.67. The van der Waals surface area contributed by atoms with Gasteiger partial charge in [0.25, 0.3) is 6.47 Å². The predicted molar refractivity (Wildman–Crippen MR) is 64.2 cm³/mol. The van der Waals surface area contributed by atoms with E-state index in [9.17, 15) is 4.79 Å². The molecule has 3 nitrogen and oxygen atoms in total. The zero-order valence-corrected chi connectivity index (χ0v) is 10.6. The highest BCUT2D eigenvalue weighted by atomic mass is 79.9. The van der Waals surface area contributed by atoms with Crippen molar-refractivity contribution in [2.75, 3.05) is 7.11 Å². The SMILES string of the molecule is COC=O.O=C1CC(c2ccc(Br)cc2)C1. The minimum atomic E-state index is 0.375. The smallest absolute Gasteiger partial charge is 0.292 e. The molecular formula is C12H13BrO3. The first-order valence-electron chi connectivity index (χ1n) is 4.91. The molecule has 2 rings (SSSR count). The lowest BCUT2D eigenvalue weighted by atomic mass is 9.79. The van der Waals surface area contributed by atoms with E-state index in [1.54, 1.807) is 0 Å². The molecule has 0 heterocycles. The van der Waals surface area contributed by atoms with Crippen LogP contribution < -0.4 is 0 Å². The molecule has 1 aliphatic carbocycles. The minimum Gasteiger partial charge on any atom is -0.471 e. The van der Waals surface area contributed by atoms with Gasteiger partial charge in [0.1, 0.15) is 5.78 Å². The van der Waals surface area contributed by atoms with Crippen LogP contribution in [-0.4, -0.2) is 19.4 Å². The normalized spacial score (nSPS) is 14.5. The van der Waals surface area contributed by atoms with Crippen LogP contribution >= 0.6 is 15.9 Å². The third-order valence-corrected chi connectivity index (χ3v) is 2.91. The second kappa shape index (κ2) is 6.43. The lowest BCUT2D eigenvalue weighted by Gasteiger charge is -2.24. The van der Waals surface area contributed by atoms with Gasteiger partial charge in [0.05, 0.1) is 7.11 Å². The van der Waals surface area contributed by atoms with Crippen molar-refractivity contribution >= 4 is 28.2 Å². The van der Waals surface area contributed by atoms with Crippen LogP contribution in [0.5, 0.6) is 0 Å². The molecular weight excluding hydrogens is 272 g/mol. The van der Waals surface area contributed by atoms with Crippen LogP contribution in [0.15, 0.2) is 28.7 Å². The average Bonchev–Trinajstić information content (AvgIpc) is 2.27. The molecule has 1 aliphatic rings. The summed E-state index contributed by atoms with van der Waals surface area (Å²) in [7, 11) is 1.31. The zero-order valence-electron chi connectivity index (χ0n) is 8.98. The number of methoxy groups -OCH3 is 1. The van der Waals surface area contributed by atoms with E-state index >= 15 is 0 Å². The summed E-state index contributed by atoms with van der Waals surface area (Å²) in [5.74, 6) is 0.883. The fourth-order valence-electron chi connectivity index (χ4n) is 1.46. The van der Waals surface area contributed by atoms with Gasteiger partial charge in [-0.25, -0.2) is 0 Å². The number of carbonyl (C=O) groups excluding carboxylic acids is 2. The van der Waals surface area contributed by atoms with Crippen molar-refractivity contribution in [3.8, 4) is 0 Å². The van der Waals surface area contributed by atoms with Gasteiger partial charge in [-0.2, -0.15) is 0 Å². The van der Waals surface area contributed by atoms with E-state index in [1.165, 1.54) is 12.7 Å². The van der Waals surface area contributed by atoms with Gasteiger partial charge in [-0.3, -0.25) is 9.59 Å². The number of halogens is 1. The number of Topliss-reactive ketones (excluding diaryl/α,β-unsaturated/α-hetero) is 1. The highest BCUT2D eigenvalue weighted by Crippen LogP contribution is 2.33. The van der Waals surface area contributed by atoms with Crippen molar-refractivity contribution in [2.24, 2.45) is 0 Å². The van der Waals surface area contributed by atoms with Crippen molar-refractivity contribution in [2.45, 2.75) is 18.8 Å². The molecule has 1 aromatic carbocycles. The summed E-state index contributed by atoms with van der Waals surface area (Å²) in [5, 5.41) is 0. The lowest BCUT2D eigenvalue weighted by Crippen LogP contribution is -2.20. The van der Waals surface area contributed by atoms with Gasteiger partial charge in [0.2, 0.25) is 0 Å². The predicted octanol–water partition coefficient (Wildman–Crippen LogP) is 2.68. The van der Waals surface area contributed by atoms with Gasteiger partial charge >= 0.3 is 0 Å². The number of hydrogen-bond acceptors (Lipinski definition) is 3. The molecule has 4 heteroatoms.